The average Bonchev–Trinajstić information content (AvgIpc) is 3.23. The van der Waals surface area contributed by atoms with E-state index in [9.17, 15) is 0 Å². The van der Waals surface area contributed by atoms with Gasteiger partial charge in [0.25, 0.3) is 0 Å². The normalized spacial score (nSPS) is 20.3. The molecule has 0 spiro atoms. The molecule has 1 aromatic heterocycles. The van der Waals surface area contributed by atoms with Gasteiger partial charge in [0.15, 0.2) is 6.04 Å². The molecular formula is C23H32N6O+2. The number of ether oxygens (including phenoxy) is 1. The summed E-state index contributed by atoms with van der Waals surface area (Å²) in [5.41, 5.74) is 2.56. The van der Waals surface area contributed by atoms with E-state index in [1.165, 1.54) is 11.3 Å². The van der Waals surface area contributed by atoms with Crippen molar-refractivity contribution in [3.05, 3.63) is 66.0 Å². The number of nitrogens with one attached hydrogen (secondary N) is 2. The van der Waals surface area contributed by atoms with Gasteiger partial charge >= 0.3 is 0 Å². The SMILES string of the molecule is COc1ccc(Cn2nnnc2[C@H](C(C)C)[NH+]2CC[NH+](c3ccccc3)CC2)cc1. The molecule has 2 heterocycles. The van der Waals surface area contributed by atoms with Crippen LogP contribution in [0, 0.1) is 5.92 Å². The zero-order chi connectivity index (χ0) is 20.9. The van der Waals surface area contributed by atoms with Crippen molar-refractivity contribution in [3.63, 3.8) is 0 Å². The lowest BCUT2D eigenvalue weighted by Crippen LogP contribution is -3.26. The van der Waals surface area contributed by atoms with Gasteiger partial charge in [0.2, 0.25) is 5.82 Å². The van der Waals surface area contributed by atoms with Crippen molar-refractivity contribution in [1.29, 1.82) is 0 Å². The van der Waals surface area contributed by atoms with Gasteiger partial charge in [0.05, 0.1) is 13.7 Å². The Morgan fingerprint density at radius 2 is 1.67 bits per heavy atom. The van der Waals surface area contributed by atoms with E-state index in [1.54, 1.807) is 16.9 Å². The minimum absolute atomic E-state index is 0.288. The van der Waals surface area contributed by atoms with E-state index in [0.717, 1.165) is 37.8 Å². The Labute approximate surface area is 178 Å². The Morgan fingerprint density at radius 3 is 2.30 bits per heavy atom. The summed E-state index contributed by atoms with van der Waals surface area (Å²) >= 11 is 0. The Morgan fingerprint density at radius 1 is 0.967 bits per heavy atom. The number of para-hydroxylation sites is 1. The second-order valence-corrected chi connectivity index (χ2v) is 8.39. The van der Waals surface area contributed by atoms with Gasteiger partial charge in [-0.05, 0) is 40.3 Å². The van der Waals surface area contributed by atoms with Gasteiger partial charge < -0.3 is 9.64 Å². The van der Waals surface area contributed by atoms with Gasteiger partial charge in [-0.2, -0.15) is 0 Å². The van der Waals surface area contributed by atoms with Crippen LogP contribution in [0.15, 0.2) is 54.6 Å². The largest absolute Gasteiger partial charge is 0.497 e. The molecule has 2 N–H and O–H groups in total. The van der Waals surface area contributed by atoms with Crippen molar-refractivity contribution < 1.29 is 14.5 Å². The summed E-state index contributed by atoms with van der Waals surface area (Å²) in [6, 6.07) is 19.2. The van der Waals surface area contributed by atoms with Crippen molar-refractivity contribution in [1.82, 2.24) is 20.2 Å². The molecule has 1 atom stereocenters. The molecule has 30 heavy (non-hydrogen) atoms. The second kappa shape index (κ2) is 9.36. The van der Waals surface area contributed by atoms with Crippen molar-refractivity contribution in [2.75, 3.05) is 33.3 Å². The van der Waals surface area contributed by atoms with Crippen LogP contribution in [0.1, 0.15) is 31.3 Å². The van der Waals surface area contributed by atoms with E-state index in [4.69, 9.17) is 4.74 Å². The summed E-state index contributed by atoms with van der Waals surface area (Å²) < 4.78 is 7.23. The maximum Gasteiger partial charge on any atom is 0.209 e. The highest BCUT2D eigenvalue weighted by molar-refractivity contribution is 5.28. The Hall–Kier alpha value is -2.77. The number of methoxy groups -OCH3 is 1. The molecule has 0 radical (unpaired) electrons. The van der Waals surface area contributed by atoms with Crippen LogP contribution < -0.4 is 14.5 Å². The molecule has 0 saturated carbocycles. The first-order chi connectivity index (χ1) is 14.7. The smallest absolute Gasteiger partial charge is 0.209 e. The molecule has 1 fully saturated rings. The fourth-order valence-electron chi connectivity index (χ4n) is 4.55. The first-order valence-electron chi connectivity index (χ1n) is 10.8. The molecule has 0 amide bonds. The fourth-order valence-corrected chi connectivity index (χ4v) is 4.55. The fraction of sp³-hybridized carbons (Fsp3) is 0.435. The van der Waals surface area contributed by atoms with E-state index in [0.29, 0.717) is 12.5 Å². The van der Waals surface area contributed by atoms with Crippen molar-refractivity contribution >= 4 is 5.69 Å². The summed E-state index contributed by atoms with van der Waals surface area (Å²) in [5, 5.41) is 12.8. The zero-order valence-electron chi connectivity index (χ0n) is 18.1. The Kier molecular flexibility index (Phi) is 6.40. The summed E-state index contributed by atoms with van der Waals surface area (Å²) in [4.78, 5) is 3.15. The number of hydrogen-bond donors (Lipinski definition) is 2. The van der Waals surface area contributed by atoms with E-state index >= 15 is 0 Å². The lowest BCUT2D eigenvalue weighted by molar-refractivity contribution is -1.01. The van der Waals surface area contributed by atoms with Crippen molar-refractivity contribution in [3.8, 4) is 5.75 Å². The Balaban J connectivity index is 1.48. The zero-order valence-corrected chi connectivity index (χ0v) is 18.1. The third-order valence-corrected chi connectivity index (χ3v) is 6.11. The number of hydrogen-bond acceptors (Lipinski definition) is 4. The van der Waals surface area contributed by atoms with Gasteiger partial charge in [-0.25, -0.2) is 4.68 Å². The van der Waals surface area contributed by atoms with E-state index in [-0.39, 0.29) is 6.04 Å². The summed E-state index contributed by atoms with van der Waals surface area (Å²) in [6.07, 6.45) is 0. The highest BCUT2D eigenvalue weighted by atomic mass is 16.5. The standard InChI is InChI=1S/C23H30N6O/c1-18(2)22(28-15-13-27(14-16-28)20-7-5-4-6-8-20)23-24-25-26-29(23)17-19-9-11-21(30-3)12-10-19/h4-12,18,22H,13-17H2,1-3H3/p+2/t22-/m0/s1. The highest BCUT2D eigenvalue weighted by Gasteiger charge is 2.36. The third-order valence-electron chi connectivity index (χ3n) is 6.11. The quantitative estimate of drug-likeness (QED) is 0.599. The number of tetrazole rings is 1. The number of rotatable bonds is 7. The topological polar surface area (TPSA) is 61.7 Å². The predicted octanol–water partition coefficient (Wildman–Crippen LogP) is 0.542. The van der Waals surface area contributed by atoms with Crippen LogP contribution in [0.3, 0.4) is 0 Å². The molecule has 0 aliphatic carbocycles. The van der Waals surface area contributed by atoms with Crippen LogP contribution in [0.5, 0.6) is 5.75 Å². The van der Waals surface area contributed by atoms with Gasteiger partial charge in [-0.1, -0.05) is 44.2 Å². The number of aromatic nitrogens is 4. The highest BCUT2D eigenvalue weighted by Crippen LogP contribution is 2.18. The lowest BCUT2D eigenvalue weighted by atomic mass is 10.0. The minimum Gasteiger partial charge on any atom is -0.497 e. The van der Waals surface area contributed by atoms with Crippen LogP contribution in [0.25, 0.3) is 0 Å². The van der Waals surface area contributed by atoms with E-state index in [1.807, 2.05) is 16.8 Å². The third kappa shape index (κ3) is 4.52. The number of piperazine rings is 1. The van der Waals surface area contributed by atoms with Crippen LogP contribution in [-0.4, -0.2) is 53.5 Å². The lowest BCUT2D eigenvalue weighted by Gasteiger charge is -2.35. The maximum absolute atomic E-state index is 5.27. The van der Waals surface area contributed by atoms with Crippen molar-refractivity contribution in [2.24, 2.45) is 5.92 Å². The molecule has 0 bridgehead atoms. The summed E-state index contributed by atoms with van der Waals surface area (Å²) in [7, 11) is 1.68. The second-order valence-electron chi connectivity index (χ2n) is 8.39. The Bertz CT molecular complexity index is 916. The van der Waals surface area contributed by atoms with Crippen LogP contribution in [0.2, 0.25) is 0 Å². The van der Waals surface area contributed by atoms with Crippen molar-refractivity contribution in [2.45, 2.75) is 26.4 Å². The number of quaternary nitrogens is 2. The molecule has 1 aliphatic rings. The molecule has 1 aliphatic heterocycles. The van der Waals surface area contributed by atoms with Crippen LogP contribution in [-0.2, 0) is 6.54 Å². The first kappa shape index (κ1) is 20.5. The molecule has 7 nitrogen and oxygen atoms in total. The average molecular weight is 409 g/mol. The van der Waals surface area contributed by atoms with Gasteiger partial charge in [0, 0.05) is 5.92 Å². The predicted molar refractivity (Wildman–Crippen MR) is 115 cm³/mol. The number of benzene rings is 2. The molecule has 4 rings (SSSR count). The molecule has 1 saturated heterocycles. The monoisotopic (exact) mass is 408 g/mol. The summed E-state index contributed by atoms with van der Waals surface area (Å²) in [5.74, 6) is 2.30. The molecule has 7 heteroatoms. The number of nitrogens with zero attached hydrogens (tertiary/aromatic N) is 4. The summed E-state index contributed by atoms with van der Waals surface area (Å²) in [6.45, 7) is 9.71. The molecule has 3 aromatic rings. The first-order valence-corrected chi connectivity index (χ1v) is 10.8. The molecular weight excluding hydrogens is 376 g/mol. The molecule has 0 unspecified atom stereocenters. The molecule has 158 valence electrons. The van der Waals surface area contributed by atoms with Crippen LogP contribution in [0.4, 0.5) is 5.69 Å². The van der Waals surface area contributed by atoms with E-state index in [2.05, 4.69) is 71.8 Å². The van der Waals surface area contributed by atoms with Gasteiger partial charge in [-0.15, -0.1) is 5.10 Å². The minimum atomic E-state index is 0.288. The maximum atomic E-state index is 5.27. The van der Waals surface area contributed by atoms with Gasteiger partial charge in [0.1, 0.15) is 37.6 Å². The van der Waals surface area contributed by atoms with Gasteiger partial charge in [-0.3, -0.25) is 4.90 Å². The molecule has 2 aromatic carbocycles. The van der Waals surface area contributed by atoms with Crippen LogP contribution >= 0.6 is 0 Å². The van der Waals surface area contributed by atoms with E-state index < -0.39 is 0 Å².